The minimum absolute atomic E-state index is 0.0121. The maximum absolute atomic E-state index is 12.5. The van der Waals surface area contributed by atoms with Gasteiger partial charge in [-0.25, -0.2) is 12.7 Å². The van der Waals surface area contributed by atoms with Crippen LogP contribution in [-0.4, -0.2) is 39.5 Å². The van der Waals surface area contributed by atoms with Crippen molar-refractivity contribution in [2.24, 2.45) is 11.7 Å². The number of methoxy groups -OCH3 is 1. The van der Waals surface area contributed by atoms with E-state index in [9.17, 15) is 8.42 Å². The van der Waals surface area contributed by atoms with Crippen molar-refractivity contribution < 1.29 is 13.2 Å². The molecule has 0 bridgehead atoms. The minimum Gasteiger partial charge on any atom is -0.497 e. The normalized spacial score (nSPS) is 13.7. The van der Waals surface area contributed by atoms with E-state index >= 15 is 0 Å². The van der Waals surface area contributed by atoms with Gasteiger partial charge in [0, 0.05) is 24.1 Å². The number of nitrogens with zero attached hydrogens (tertiary/aromatic N) is 1. The Kier molecular flexibility index (Phi) is 6.65. The molecule has 0 saturated carbocycles. The lowest BCUT2D eigenvalue weighted by molar-refractivity contribution is 0.397. The molecule has 0 radical (unpaired) electrons. The van der Waals surface area contributed by atoms with Gasteiger partial charge < -0.3 is 10.5 Å². The van der Waals surface area contributed by atoms with E-state index < -0.39 is 10.0 Å². The van der Waals surface area contributed by atoms with E-state index in [1.54, 1.807) is 19.2 Å². The Labute approximate surface area is 135 Å². The Balaban J connectivity index is 2.90. The third-order valence-corrected chi connectivity index (χ3v) is 6.29. The van der Waals surface area contributed by atoms with Gasteiger partial charge in [-0.15, -0.1) is 0 Å². The van der Waals surface area contributed by atoms with E-state index in [1.807, 2.05) is 13.8 Å². The summed E-state index contributed by atoms with van der Waals surface area (Å²) in [6, 6.07) is 4.80. The van der Waals surface area contributed by atoms with Crippen LogP contribution >= 0.6 is 15.9 Å². The van der Waals surface area contributed by atoms with E-state index in [2.05, 4.69) is 15.9 Å². The van der Waals surface area contributed by atoms with Crippen molar-refractivity contribution in [2.75, 3.05) is 20.7 Å². The summed E-state index contributed by atoms with van der Waals surface area (Å²) in [5.41, 5.74) is 5.97. The molecule has 5 nitrogen and oxygen atoms in total. The van der Waals surface area contributed by atoms with E-state index in [4.69, 9.17) is 10.5 Å². The van der Waals surface area contributed by atoms with Crippen LogP contribution in [0.1, 0.15) is 20.3 Å². The monoisotopic (exact) mass is 378 g/mol. The summed E-state index contributed by atoms with van der Waals surface area (Å²) in [6.07, 6.45) is 0.626. The van der Waals surface area contributed by atoms with Gasteiger partial charge in [0.2, 0.25) is 10.0 Å². The third-order valence-electron chi connectivity index (χ3n) is 3.46. The predicted octanol–water partition coefficient (Wildman–Crippen LogP) is 2.45. The lowest BCUT2D eigenvalue weighted by Crippen LogP contribution is -2.34. The summed E-state index contributed by atoms with van der Waals surface area (Å²) in [5, 5.41) is 0. The minimum atomic E-state index is -3.54. The Bertz CT molecular complexity index is 576. The molecule has 120 valence electrons. The van der Waals surface area contributed by atoms with E-state index in [0.717, 1.165) is 0 Å². The molecule has 0 aliphatic carbocycles. The van der Waals surface area contributed by atoms with Gasteiger partial charge in [0.25, 0.3) is 0 Å². The van der Waals surface area contributed by atoms with Crippen LogP contribution in [-0.2, 0) is 10.0 Å². The molecule has 1 aromatic rings. The average molecular weight is 379 g/mol. The molecule has 2 N–H and O–H groups in total. The molecule has 0 heterocycles. The first-order valence-electron chi connectivity index (χ1n) is 6.75. The standard InChI is InChI=1S/C14H23BrN2O3S/c1-10(2)13(16)7-8-17(3)21(18,19)14-6-5-11(20-4)9-12(14)15/h5-6,9-10,13H,7-8,16H2,1-4H3. The maximum atomic E-state index is 12.5. The highest BCUT2D eigenvalue weighted by Gasteiger charge is 2.24. The molecule has 0 aromatic heterocycles. The second-order valence-corrected chi connectivity index (χ2v) is 8.19. The van der Waals surface area contributed by atoms with Crippen molar-refractivity contribution in [3.8, 4) is 5.75 Å². The number of rotatable bonds is 7. The second kappa shape index (κ2) is 7.58. The molecule has 7 heteroatoms. The number of nitrogens with two attached hydrogens (primary N) is 1. The molecule has 0 saturated heterocycles. The van der Waals surface area contributed by atoms with Crippen LogP contribution in [0.2, 0.25) is 0 Å². The van der Waals surface area contributed by atoms with Crippen molar-refractivity contribution in [2.45, 2.75) is 31.2 Å². The van der Waals surface area contributed by atoms with Gasteiger partial charge in [-0.1, -0.05) is 13.8 Å². The lowest BCUT2D eigenvalue weighted by Gasteiger charge is -2.22. The van der Waals surface area contributed by atoms with Gasteiger partial charge in [-0.3, -0.25) is 0 Å². The molecule has 0 amide bonds. The lowest BCUT2D eigenvalue weighted by atomic mass is 10.0. The van der Waals surface area contributed by atoms with Crippen LogP contribution in [0.4, 0.5) is 0 Å². The molecule has 0 aliphatic rings. The number of halogens is 1. The Morgan fingerprint density at radius 2 is 2.00 bits per heavy atom. The Morgan fingerprint density at radius 3 is 2.48 bits per heavy atom. The zero-order chi connectivity index (χ0) is 16.2. The van der Waals surface area contributed by atoms with Crippen molar-refractivity contribution in [3.05, 3.63) is 22.7 Å². The van der Waals surface area contributed by atoms with Crippen molar-refractivity contribution in [1.29, 1.82) is 0 Å². The first kappa shape index (κ1) is 18.4. The van der Waals surface area contributed by atoms with E-state index in [1.165, 1.54) is 17.5 Å². The number of hydrogen-bond acceptors (Lipinski definition) is 4. The number of ether oxygens (including phenoxy) is 1. The molecule has 0 aliphatic heterocycles. The van der Waals surface area contributed by atoms with Crippen LogP contribution in [0.25, 0.3) is 0 Å². The fourth-order valence-electron chi connectivity index (χ4n) is 1.77. The van der Waals surface area contributed by atoms with Gasteiger partial charge in [0.15, 0.2) is 0 Å². The van der Waals surface area contributed by atoms with Gasteiger partial charge in [0.1, 0.15) is 5.75 Å². The summed E-state index contributed by atoms with van der Waals surface area (Å²) in [5.74, 6) is 0.930. The summed E-state index contributed by atoms with van der Waals surface area (Å²) >= 11 is 3.28. The van der Waals surface area contributed by atoms with Crippen LogP contribution in [0.3, 0.4) is 0 Å². The van der Waals surface area contributed by atoms with Gasteiger partial charge in [-0.05, 0) is 46.5 Å². The topological polar surface area (TPSA) is 72.6 Å². The van der Waals surface area contributed by atoms with E-state index in [-0.39, 0.29) is 10.9 Å². The molecule has 1 rings (SSSR count). The highest BCUT2D eigenvalue weighted by atomic mass is 79.9. The average Bonchev–Trinajstić information content (AvgIpc) is 2.43. The SMILES string of the molecule is COc1ccc(S(=O)(=O)N(C)CCC(N)C(C)C)c(Br)c1. The zero-order valence-corrected chi connectivity index (χ0v) is 15.2. The zero-order valence-electron chi connectivity index (χ0n) is 12.8. The Hall–Kier alpha value is -0.630. The highest BCUT2D eigenvalue weighted by molar-refractivity contribution is 9.10. The smallest absolute Gasteiger partial charge is 0.243 e. The van der Waals surface area contributed by atoms with Crippen LogP contribution in [0.5, 0.6) is 5.75 Å². The quantitative estimate of drug-likeness (QED) is 0.790. The fraction of sp³-hybridized carbons (Fsp3) is 0.571. The van der Waals surface area contributed by atoms with Crippen LogP contribution in [0, 0.1) is 5.92 Å². The maximum Gasteiger partial charge on any atom is 0.243 e. The molecule has 21 heavy (non-hydrogen) atoms. The fourth-order valence-corrected chi connectivity index (χ4v) is 3.97. The third kappa shape index (κ3) is 4.67. The van der Waals surface area contributed by atoms with Crippen LogP contribution in [0.15, 0.2) is 27.6 Å². The van der Waals surface area contributed by atoms with Gasteiger partial charge >= 0.3 is 0 Å². The molecule has 1 atom stereocenters. The number of sulfonamides is 1. The molecule has 1 unspecified atom stereocenters. The van der Waals surface area contributed by atoms with Crippen molar-refractivity contribution >= 4 is 26.0 Å². The predicted molar refractivity (Wildman–Crippen MR) is 87.9 cm³/mol. The van der Waals surface area contributed by atoms with Crippen LogP contribution < -0.4 is 10.5 Å². The van der Waals surface area contributed by atoms with E-state index in [0.29, 0.717) is 29.1 Å². The van der Waals surface area contributed by atoms with Crippen molar-refractivity contribution in [1.82, 2.24) is 4.31 Å². The summed E-state index contributed by atoms with van der Waals surface area (Å²) in [6.45, 7) is 4.44. The summed E-state index contributed by atoms with van der Waals surface area (Å²) in [4.78, 5) is 0.226. The first-order valence-corrected chi connectivity index (χ1v) is 8.99. The van der Waals surface area contributed by atoms with Gasteiger partial charge in [-0.2, -0.15) is 0 Å². The molecular weight excluding hydrogens is 356 g/mol. The molecular formula is C14H23BrN2O3S. The second-order valence-electron chi connectivity index (χ2n) is 5.32. The summed E-state index contributed by atoms with van der Waals surface area (Å²) < 4.78 is 32.0. The van der Waals surface area contributed by atoms with Gasteiger partial charge in [0.05, 0.1) is 12.0 Å². The van der Waals surface area contributed by atoms with Crippen molar-refractivity contribution in [3.63, 3.8) is 0 Å². The molecule has 0 fully saturated rings. The first-order chi connectivity index (χ1) is 9.70. The molecule has 0 spiro atoms. The Morgan fingerprint density at radius 1 is 1.38 bits per heavy atom. The summed E-state index contributed by atoms with van der Waals surface area (Å²) in [7, 11) is -0.435. The largest absolute Gasteiger partial charge is 0.497 e. The highest BCUT2D eigenvalue weighted by Crippen LogP contribution is 2.28. The molecule has 1 aromatic carbocycles. The number of hydrogen-bond donors (Lipinski definition) is 1. The number of benzene rings is 1.